The lowest BCUT2D eigenvalue weighted by atomic mass is 10.0. The van der Waals surface area contributed by atoms with Crippen molar-refractivity contribution >= 4 is 21.7 Å². The van der Waals surface area contributed by atoms with Crippen LogP contribution in [0.4, 0.5) is 23.7 Å². The van der Waals surface area contributed by atoms with Crippen LogP contribution in [-0.2, 0) is 28.5 Å². The van der Waals surface area contributed by atoms with Gasteiger partial charge in [0.2, 0.25) is 0 Å². The van der Waals surface area contributed by atoms with Crippen LogP contribution in [0.2, 0.25) is 0 Å². The maximum atomic E-state index is 13.2. The number of urea groups is 1. The second kappa shape index (κ2) is 6.82. The maximum absolute atomic E-state index is 13.2. The van der Waals surface area contributed by atoms with E-state index in [2.05, 4.69) is 15.5 Å². The van der Waals surface area contributed by atoms with E-state index in [4.69, 9.17) is 9.47 Å². The number of sulfonamides is 1. The molecule has 0 atom stereocenters. The minimum atomic E-state index is -4.81. The minimum Gasteiger partial charge on any atom is -0.493 e. The van der Waals surface area contributed by atoms with Crippen molar-refractivity contribution in [1.29, 1.82) is 0 Å². The first kappa shape index (κ1) is 20.5. The van der Waals surface area contributed by atoms with Gasteiger partial charge in [-0.2, -0.15) is 13.2 Å². The van der Waals surface area contributed by atoms with E-state index in [1.54, 1.807) is 0 Å². The van der Waals surface area contributed by atoms with E-state index < -0.39 is 38.4 Å². The number of carbonyl (C=O) groups is 1. The van der Waals surface area contributed by atoms with Crippen molar-refractivity contribution in [3.8, 4) is 11.5 Å². The van der Waals surface area contributed by atoms with E-state index in [0.29, 0.717) is 48.8 Å². The summed E-state index contributed by atoms with van der Waals surface area (Å²) in [6.45, 7) is 0.827. The molecule has 0 spiro atoms. The van der Waals surface area contributed by atoms with E-state index in [-0.39, 0.29) is 0 Å². The van der Waals surface area contributed by atoms with Crippen LogP contribution in [0.3, 0.4) is 0 Å². The number of fused-ring (bicyclic) bond motifs is 2. The third-order valence-electron chi connectivity index (χ3n) is 5.36. The SMILES string of the molecule is O=C(Nc1c2c(cc3c1OCC3)OCC2)NS(=O)(=O)c1cccc(C2(C(F)(F)F)N=N2)c1. The molecule has 0 saturated carbocycles. The monoisotopic (exact) mass is 468 g/mol. The molecule has 5 rings (SSSR count). The number of amides is 2. The topological polar surface area (TPSA) is 118 Å². The number of anilines is 1. The summed E-state index contributed by atoms with van der Waals surface area (Å²) in [5.74, 6) is 1.04. The lowest BCUT2D eigenvalue weighted by molar-refractivity contribution is -0.166. The van der Waals surface area contributed by atoms with Gasteiger partial charge in [-0.15, -0.1) is 10.2 Å². The third-order valence-corrected chi connectivity index (χ3v) is 6.69. The summed E-state index contributed by atoms with van der Waals surface area (Å²) in [6, 6.07) is 4.81. The fourth-order valence-corrected chi connectivity index (χ4v) is 4.71. The molecule has 3 aliphatic heterocycles. The summed E-state index contributed by atoms with van der Waals surface area (Å²) < 4.78 is 78.0. The second-order valence-corrected chi connectivity index (χ2v) is 9.05. The molecule has 0 aliphatic carbocycles. The maximum Gasteiger partial charge on any atom is 0.442 e. The molecule has 3 aliphatic rings. The number of halogens is 3. The van der Waals surface area contributed by atoms with Crippen LogP contribution in [-0.4, -0.2) is 33.8 Å². The Bertz CT molecular complexity index is 1240. The van der Waals surface area contributed by atoms with Gasteiger partial charge in [0.1, 0.15) is 11.5 Å². The lowest BCUT2D eigenvalue weighted by Crippen LogP contribution is -2.35. The molecule has 2 aromatic rings. The number of hydrogen-bond acceptors (Lipinski definition) is 7. The van der Waals surface area contributed by atoms with Crippen molar-refractivity contribution in [3.63, 3.8) is 0 Å². The summed E-state index contributed by atoms with van der Waals surface area (Å²) in [7, 11) is -4.49. The quantitative estimate of drug-likeness (QED) is 0.714. The van der Waals surface area contributed by atoms with Crippen LogP contribution in [0.5, 0.6) is 11.5 Å². The summed E-state index contributed by atoms with van der Waals surface area (Å²) >= 11 is 0. The number of hydrogen-bond donors (Lipinski definition) is 2. The predicted molar refractivity (Wildman–Crippen MR) is 103 cm³/mol. The van der Waals surface area contributed by atoms with Gasteiger partial charge in [0, 0.05) is 29.5 Å². The molecule has 0 bridgehead atoms. The molecule has 0 unspecified atom stereocenters. The van der Waals surface area contributed by atoms with Crippen LogP contribution in [0, 0.1) is 0 Å². The van der Waals surface area contributed by atoms with Crippen LogP contribution < -0.4 is 19.5 Å². The first-order chi connectivity index (χ1) is 15.1. The highest BCUT2D eigenvalue weighted by Gasteiger charge is 2.65. The van der Waals surface area contributed by atoms with Crippen molar-refractivity contribution < 1.29 is 35.9 Å². The van der Waals surface area contributed by atoms with Gasteiger partial charge in [-0.3, -0.25) is 0 Å². The Morgan fingerprint density at radius 1 is 1.09 bits per heavy atom. The Hall–Kier alpha value is -3.35. The number of nitrogens with one attached hydrogen (secondary N) is 2. The lowest BCUT2D eigenvalue weighted by Gasteiger charge is -2.16. The van der Waals surface area contributed by atoms with Crippen molar-refractivity contribution in [1.82, 2.24) is 4.72 Å². The molecule has 2 aromatic carbocycles. The number of rotatable bonds is 4. The van der Waals surface area contributed by atoms with Gasteiger partial charge in [-0.05, 0) is 18.2 Å². The number of nitrogens with zero attached hydrogens (tertiary/aromatic N) is 2. The van der Waals surface area contributed by atoms with Gasteiger partial charge >= 0.3 is 17.9 Å². The number of alkyl halides is 3. The molecule has 0 radical (unpaired) electrons. The van der Waals surface area contributed by atoms with E-state index in [1.165, 1.54) is 0 Å². The molecule has 3 heterocycles. The Morgan fingerprint density at radius 2 is 1.84 bits per heavy atom. The van der Waals surface area contributed by atoms with E-state index in [1.807, 2.05) is 10.8 Å². The van der Waals surface area contributed by atoms with Gasteiger partial charge in [0.05, 0.1) is 23.8 Å². The highest BCUT2D eigenvalue weighted by atomic mass is 32.2. The minimum absolute atomic E-state index is 0.320. The first-order valence-electron chi connectivity index (χ1n) is 9.50. The molecule has 13 heteroatoms. The van der Waals surface area contributed by atoms with Gasteiger partial charge in [-0.1, -0.05) is 12.1 Å². The van der Waals surface area contributed by atoms with Crippen molar-refractivity contribution in [2.45, 2.75) is 29.6 Å². The molecule has 0 fully saturated rings. The predicted octanol–water partition coefficient (Wildman–Crippen LogP) is 3.25. The Balaban J connectivity index is 1.39. The summed E-state index contributed by atoms with van der Waals surface area (Å²) in [4.78, 5) is 12.0. The Labute approximate surface area is 179 Å². The van der Waals surface area contributed by atoms with Gasteiger partial charge in [0.25, 0.3) is 10.0 Å². The molecule has 2 amide bonds. The summed E-state index contributed by atoms with van der Waals surface area (Å²) in [5.41, 5.74) is -1.41. The normalized spacial score (nSPS) is 17.7. The summed E-state index contributed by atoms with van der Waals surface area (Å²) in [5, 5.41) is 8.62. The Morgan fingerprint density at radius 3 is 2.56 bits per heavy atom. The molecular formula is C19H15F3N4O5S. The largest absolute Gasteiger partial charge is 0.493 e. The zero-order chi connectivity index (χ0) is 22.7. The first-order valence-corrected chi connectivity index (χ1v) is 11.0. The average molecular weight is 468 g/mol. The van der Waals surface area contributed by atoms with Crippen molar-refractivity contribution in [2.24, 2.45) is 10.2 Å². The van der Waals surface area contributed by atoms with E-state index in [9.17, 15) is 26.4 Å². The fraction of sp³-hybridized carbons (Fsp3) is 0.316. The fourth-order valence-electron chi connectivity index (χ4n) is 3.76. The average Bonchev–Trinajstić information content (AvgIpc) is 3.20. The van der Waals surface area contributed by atoms with Crippen molar-refractivity contribution in [2.75, 3.05) is 18.5 Å². The highest BCUT2D eigenvalue weighted by molar-refractivity contribution is 7.90. The number of carbonyl (C=O) groups excluding carboxylic acids is 1. The van der Waals surface area contributed by atoms with Crippen LogP contribution in [0.15, 0.2) is 45.5 Å². The second-order valence-electron chi connectivity index (χ2n) is 7.37. The molecule has 168 valence electrons. The third kappa shape index (κ3) is 3.23. The Kier molecular flexibility index (Phi) is 4.38. The zero-order valence-electron chi connectivity index (χ0n) is 16.2. The number of ether oxygens (including phenoxy) is 2. The van der Waals surface area contributed by atoms with Gasteiger partial charge in [0.15, 0.2) is 0 Å². The van der Waals surface area contributed by atoms with Gasteiger partial charge < -0.3 is 14.8 Å². The standard InChI is InChI=1S/C19H15F3N4O5S/c20-19(21,22)18(25-26-18)11-2-1-3-12(9-11)32(28,29)24-17(27)23-15-13-5-7-30-14(13)8-10-4-6-31-16(10)15/h1-3,8-9H,4-7H2,(H2,23,24,27). The summed E-state index contributed by atoms with van der Waals surface area (Å²) in [6.07, 6.45) is -3.69. The highest BCUT2D eigenvalue weighted by Crippen LogP contribution is 2.52. The van der Waals surface area contributed by atoms with Crippen LogP contribution >= 0.6 is 0 Å². The smallest absolute Gasteiger partial charge is 0.442 e. The zero-order valence-corrected chi connectivity index (χ0v) is 17.0. The molecule has 0 saturated heterocycles. The van der Waals surface area contributed by atoms with Crippen LogP contribution in [0.1, 0.15) is 16.7 Å². The van der Waals surface area contributed by atoms with Gasteiger partial charge in [-0.25, -0.2) is 17.9 Å². The molecular weight excluding hydrogens is 453 g/mol. The van der Waals surface area contributed by atoms with E-state index >= 15 is 0 Å². The molecule has 9 nitrogen and oxygen atoms in total. The van der Waals surface area contributed by atoms with Crippen LogP contribution in [0.25, 0.3) is 0 Å². The number of benzene rings is 2. The molecule has 0 aromatic heterocycles. The van der Waals surface area contributed by atoms with E-state index in [0.717, 1.165) is 29.8 Å². The van der Waals surface area contributed by atoms with Crippen molar-refractivity contribution in [3.05, 3.63) is 47.0 Å². The molecule has 2 N–H and O–H groups in total. The molecule has 32 heavy (non-hydrogen) atoms.